The predicted molar refractivity (Wildman–Crippen MR) is 75.8 cm³/mol. The van der Waals surface area contributed by atoms with E-state index in [0.29, 0.717) is 11.4 Å². The molecular weight excluding hydrogens is 280 g/mol. The van der Waals surface area contributed by atoms with E-state index in [0.717, 1.165) is 0 Å². The highest BCUT2D eigenvalue weighted by Gasteiger charge is 2.16. The molecule has 0 amide bonds. The molecule has 2 aromatic rings. The number of nitrogen functional groups attached to an aromatic ring is 1. The molecule has 0 atom stereocenters. The second-order valence-corrected chi connectivity index (χ2v) is 4.36. The number of pyridine rings is 1. The van der Waals surface area contributed by atoms with Crippen LogP contribution in [0.4, 0.5) is 5.69 Å². The first-order valence-corrected chi connectivity index (χ1v) is 6.20. The molecule has 0 fully saturated rings. The molecule has 1 aromatic heterocycles. The van der Waals surface area contributed by atoms with Crippen molar-refractivity contribution in [2.45, 2.75) is 6.61 Å². The van der Waals surface area contributed by atoms with E-state index in [2.05, 4.69) is 4.98 Å². The van der Waals surface area contributed by atoms with Crippen LogP contribution in [0.1, 0.15) is 15.9 Å². The van der Waals surface area contributed by atoms with Gasteiger partial charge in [-0.05, 0) is 24.3 Å². The lowest BCUT2D eigenvalue weighted by Gasteiger charge is -2.10. The molecule has 0 saturated heterocycles. The molecule has 0 unspecified atom stereocenters. The number of hydrogen-bond acceptors (Lipinski definition) is 5. The van der Waals surface area contributed by atoms with Crippen LogP contribution in [0.2, 0.25) is 5.02 Å². The van der Waals surface area contributed by atoms with Gasteiger partial charge < -0.3 is 15.2 Å². The van der Waals surface area contributed by atoms with E-state index in [1.165, 1.54) is 7.11 Å². The number of esters is 1. The highest BCUT2D eigenvalue weighted by molar-refractivity contribution is 6.34. The normalized spacial score (nSPS) is 10.1. The largest absolute Gasteiger partial charge is 0.481 e. The first-order chi connectivity index (χ1) is 9.63. The number of halogens is 1. The quantitative estimate of drug-likeness (QED) is 0.693. The summed E-state index contributed by atoms with van der Waals surface area (Å²) in [4.78, 5) is 16.0. The molecule has 0 aliphatic rings. The zero-order chi connectivity index (χ0) is 14.5. The van der Waals surface area contributed by atoms with Gasteiger partial charge in [0, 0.05) is 11.9 Å². The molecule has 20 heavy (non-hydrogen) atoms. The van der Waals surface area contributed by atoms with E-state index < -0.39 is 5.97 Å². The third-order valence-electron chi connectivity index (χ3n) is 2.65. The molecule has 0 aliphatic carbocycles. The Bertz CT molecular complexity index is 611. The fraction of sp³-hybridized carbons (Fsp3) is 0.143. The number of nitrogens with zero attached hydrogens (tertiary/aromatic N) is 1. The standard InChI is InChI=1S/C14H13ClN2O3/c1-19-13-9(4-3-7-17-13)8-20-14(18)12-10(15)5-2-6-11(12)16/h2-7H,8,16H2,1H3. The van der Waals surface area contributed by atoms with Crippen LogP contribution in [-0.4, -0.2) is 18.1 Å². The molecule has 0 spiro atoms. The molecule has 0 saturated carbocycles. The second-order valence-electron chi connectivity index (χ2n) is 3.95. The predicted octanol–water partition coefficient (Wildman–Crippen LogP) is 2.68. The minimum atomic E-state index is -0.584. The lowest BCUT2D eigenvalue weighted by Crippen LogP contribution is -2.09. The van der Waals surface area contributed by atoms with Crippen molar-refractivity contribution < 1.29 is 14.3 Å². The number of aromatic nitrogens is 1. The fourth-order valence-corrected chi connectivity index (χ4v) is 1.95. The maximum atomic E-state index is 12.0. The second kappa shape index (κ2) is 6.25. The van der Waals surface area contributed by atoms with Crippen molar-refractivity contribution in [3.05, 3.63) is 52.7 Å². The van der Waals surface area contributed by atoms with Crippen LogP contribution in [0.15, 0.2) is 36.5 Å². The SMILES string of the molecule is COc1ncccc1COC(=O)c1c(N)cccc1Cl. The summed E-state index contributed by atoms with van der Waals surface area (Å²) in [5.74, 6) is -0.175. The van der Waals surface area contributed by atoms with Gasteiger partial charge in [-0.25, -0.2) is 9.78 Å². The summed E-state index contributed by atoms with van der Waals surface area (Å²) in [5, 5.41) is 0.258. The Labute approximate surface area is 121 Å². The van der Waals surface area contributed by atoms with E-state index in [-0.39, 0.29) is 22.9 Å². The molecule has 5 nitrogen and oxygen atoms in total. The number of rotatable bonds is 4. The summed E-state index contributed by atoms with van der Waals surface area (Å²) in [5.41, 5.74) is 6.83. The molecule has 104 valence electrons. The van der Waals surface area contributed by atoms with Gasteiger partial charge in [0.05, 0.1) is 17.7 Å². The van der Waals surface area contributed by atoms with Crippen molar-refractivity contribution in [3.8, 4) is 5.88 Å². The van der Waals surface area contributed by atoms with Crippen LogP contribution in [-0.2, 0) is 11.3 Å². The smallest absolute Gasteiger partial charge is 0.342 e. The minimum absolute atomic E-state index is 0.0283. The maximum Gasteiger partial charge on any atom is 0.342 e. The van der Waals surface area contributed by atoms with E-state index in [9.17, 15) is 4.79 Å². The van der Waals surface area contributed by atoms with Gasteiger partial charge in [0.15, 0.2) is 0 Å². The van der Waals surface area contributed by atoms with E-state index in [1.807, 2.05) is 0 Å². The fourth-order valence-electron chi connectivity index (χ4n) is 1.69. The molecule has 1 aromatic carbocycles. The lowest BCUT2D eigenvalue weighted by atomic mass is 10.2. The zero-order valence-electron chi connectivity index (χ0n) is 10.8. The number of carbonyl (C=O) groups is 1. The molecule has 6 heteroatoms. The Morgan fingerprint density at radius 1 is 1.35 bits per heavy atom. The molecule has 0 aliphatic heterocycles. The van der Waals surface area contributed by atoms with Crippen LogP contribution in [0.3, 0.4) is 0 Å². The lowest BCUT2D eigenvalue weighted by molar-refractivity contribution is 0.0471. The topological polar surface area (TPSA) is 74.4 Å². The van der Waals surface area contributed by atoms with Crippen LogP contribution in [0.5, 0.6) is 5.88 Å². The molecule has 0 bridgehead atoms. The third kappa shape index (κ3) is 3.00. The van der Waals surface area contributed by atoms with E-state index in [1.54, 1.807) is 36.5 Å². The highest BCUT2D eigenvalue weighted by atomic mass is 35.5. The summed E-state index contributed by atoms with van der Waals surface area (Å²) >= 11 is 5.95. The molecule has 1 heterocycles. The van der Waals surface area contributed by atoms with Crippen molar-refractivity contribution >= 4 is 23.3 Å². The Balaban J connectivity index is 2.13. The summed E-state index contributed by atoms with van der Waals surface area (Å²) in [6.07, 6.45) is 1.59. The van der Waals surface area contributed by atoms with Crippen LogP contribution >= 0.6 is 11.6 Å². The van der Waals surface area contributed by atoms with Crippen molar-refractivity contribution in [3.63, 3.8) is 0 Å². The van der Waals surface area contributed by atoms with Gasteiger partial charge in [-0.2, -0.15) is 0 Å². The summed E-state index contributed by atoms with van der Waals surface area (Å²) in [6, 6.07) is 8.33. The van der Waals surface area contributed by atoms with Gasteiger partial charge in [-0.15, -0.1) is 0 Å². The van der Waals surface area contributed by atoms with Gasteiger partial charge in [-0.3, -0.25) is 0 Å². The Hall–Kier alpha value is -2.27. The average Bonchev–Trinajstić information content (AvgIpc) is 2.45. The molecular formula is C14H13ClN2O3. The van der Waals surface area contributed by atoms with Crippen LogP contribution < -0.4 is 10.5 Å². The highest BCUT2D eigenvalue weighted by Crippen LogP contribution is 2.24. The van der Waals surface area contributed by atoms with Gasteiger partial charge in [0.1, 0.15) is 12.2 Å². The number of anilines is 1. The minimum Gasteiger partial charge on any atom is -0.481 e. The molecule has 2 rings (SSSR count). The van der Waals surface area contributed by atoms with Gasteiger partial charge in [-0.1, -0.05) is 17.7 Å². The summed E-state index contributed by atoms with van der Waals surface area (Å²) < 4.78 is 10.3. The van der Waals surface area contributed by atoms with Crippen molar-refractivity contribution in [1.82, 2.24) is 4.98 Å². The van der Waals surface area contributed by atoms with Gasteiger partial charge in [0.2, 0.25) is 5.88 Å². The monoisotopic (exact) mass is 292 g/mol. The number of ether oxygens (including phenoxy) is 2. The van der Waals surface area contributed by atoms with Crippen molar-refractivity contribution in [1.29, 1.82) is 0 Å². The van der Waals surface area contributed by atoms with E-state index in [4.69, 9.17) is 26.8 Å². The molecule has 2 N–H and O–H groups in total. The van der Waals surface area contributed by atoms with E-state index >= 15 is 0 Å². The number of methoxy groups -OCH3 is 1. The first kappa shape index (κ1) is 14.1. The van der Waals surface area contributed by atoms with Crippen LogP contribution in [0, 0.1) is 0 Å². The Morgan fingerprint density at radius 3 is 2.85 bits per heavy atom. The van der Waals surface area contributed by atoms with Crippen molar-refractivity contribution in [2.24, 2.45) is 0 Å². The first-order valence-electron chi connectivity index (χ1n) is 5.82. The summed E-state index contributed by atoms with van der Waals surface area (Å²) in [6.45, 7) is 0.0283. The number of carbonyl (C=O) groups excluding carboxylic acids is 1. The third-order valence-corrected chi connectivity index (χ3v) is 2.97. The molecule has 0 radical (unpaired) electrons. The maximum absolute atomic E-state index is 12.0. The number of hydrogen-bond donors (Lipinski definition) is 1. The Morgan fingerprint density at radius 2 is 2.15 bits per heavy atom. The summed E-state index contributed by atoms with van der Waals surface area (Å²) in [7, 11) is 1.50. The number of nitrogens with two attached hydrogens (primary N) is 1. The van der Waals surface area contributed by atoms with Crippen LogP contribution in [0.25, 0.3) is 0 Å². The van der Waals surface area contributed by atoms with Crippen molar-refractivity contribution in [2.75, 3.05) is 12.8 Å². The number of benzene rings is 1. The Kier molecular flexibility index (Phi) is 4.42. The van der Waals surface area contributed by atoms with Gasteiger partial charge >= 0.3 is 5.97 Å². The average molecular weight is 293 g/mol. The van der Waals surface area contributed by atoms with Gasteiger partial charge in [0.25, 0.3) is 0 Å². The zero-order valence-corrected chi connectivity index (χ0v) is 11.6.